The maximum atomic E-state index is 13.5. The van der Waals surface area contributed by atoms with Crippen LogP contribution in [0.25, 0.3) is 27.6 Å². The van der Waals surface area contributed by atoms with Crippen LogP contribution in [-0.4, -0.2) is 26.8 Å². The number of nitro groups is 1. The lowest BCUT2D eigenvalue weighted by Crippen LogP contribution is -2.13. The molecular formula is C25H17IN6O4S. The van der Waals surface area contributed by atoms with Crippen molar-refractivity contribution in [3.05, 3.63) is 102 Å². The van der Waals surface area contributed by atoms with Crippen molar-refractivity contribution in [2.24, 2.45) is 10.2 Å². The molecule has 10 nitrogen and oxygen atoms in total. The minimum absolute atomic E-state index is 0.0587. The average Bonchev–Trinajstić information content (AvgIpc) is 3.53. The Balaban J connectivity index is 1.58. The molecule has 0 fully saturated rings. The van der Waals surface area contributed by atoms with Crippen LogP contribution in [0.4, 0.5) is 17.1 Å². The highest BCUT2D eigenvalue weighted by molar-refractivity contribution is 14.1. The number of aromatic nitrogens is 3. The molecule has 0 saturated carbocycles. The second-order valence-corrected chi connectivity index (χ2v) is 9.78. The highest BCUT2D eigenvalue weighted by Crippen LogP contribution is 2.31. The van der Waals surface area contributed by atoms with Crippen molar-refractivity contribution in [1.29, 1.82) is 0 Å². The van der Waals surface area contributed by atoms with E-state index >= 15 is 0 Å². The summed E-state index contributed by atoms with van der Waals surface area (Å²) >= 11 is 3.48. The van der Waals surface area contributed by atoms with E-state index in [0.717, 1.165) is 14.9 Å². The summed E-state index contributed by atoms with van der Waals surface area (Å²) in [5, 5.41) is 24.9. The van der Waals surface area contributed by atoms with Crippen molar-refractivity contribution in [3.63, 3.8) is 0 Å². The molecule has 0 aliphatic heterocycles. The van der Waals surface area contributed by atoms with Crippen LogP contribution in [0.15, 0.2) is 93.2 Å². The topological polar surface area (TPSA) is 128 Å². The normalized spacial score (nSPS) is 11.2. The molecule has 37 heavy (non-hydrogen) atoms. The first-order chi connectivity index (χ1) is 17.9. The molecule has 2 aromatic heterocycles. The lowest BCUT2D eigenvalue weighted by atomic mass is 10.1. The number of non-ortho nitro benzene ring substituents is 1. The van der Waals surface area contributed by atoms with E-state index in [-0.39, 0.29) is 11.4 Å². The van der Waals surface area contributed by atoms with E-state index in [9.17, 15) is 14.9 Å². The number of ether oxygens (including phenoxy) is 1. The molecule has 0 radical (unpaired) electrons. The lowest BCUT2D eigenvalue weighted by Gasteiger charge is -2.01. The van der Waals surface area contributed by atoms with Crippen molar-refractivity contribution < 1.29 is 9.66 Å². The first kappa shape index (κ1) is 24.5. The van der Waals surface area contributed by atoms with Gasteiger partial charge in [0.2, 0.25) is 5.13 Å². The summed E-state index contributed by atoms with van der Waals surface area (Å²) in [5.41, 5.74) is 2.63. The molecule has 0 amide bonds. The Morgan fingerprint density at radius 1 is 1.00 bits per heavy atom. The highest BCUT2D eigenvalue weighted by Gasteiger charge is 2.20. The second kappa shape index (κ2) is 10.4. The van der Waals surface area contributed by atoms with Crippen molar-refractivity contribution in [3.8, 4) is 33.4 Å². The number of benzene rings is 3. The number of nitrogens with one attached hydrogen (secondary N) is 1. The van der Waals surface area contributed by atoms with Crippen LogP contribution in [0.2, 0.25) is 0 Å². The third-order valence-corrected chi connectivity index (χ3v) is 6.94. The van der Waals surface area contributed by atoms with Gasteiger partial charge in [-0.15, -0.1) is 16.5 Å². The van der Waals surface area contributed by atoms with Gasteiger partial charge in [-0.1, -0.05) is 0 Å². The zero-order chi connectivity index (χ0) is 25.9. The Morgan fingerprint density at radius 2 is 1.68 bits per heavy atom. The summed E-state index contributed by atoms with van der Waals surface area (Å²) in [6, 6.07) is 20.7. The Kier molecular flexibility index (Phi) is 6.92. The highest BCUT2D eigenvalue weighted by atomic mass is 127. The maximum absolute atomic E-state index is 13.5. The summed E-state index contributed by atoms with van der Waals surface area (Å²) in [4.78, 5) is 28.7. The summed E-state index contributed by atoms with van der Waals surface area (Å²) < 4.78 is 7.56. The van der Waals surface area contributed by atoms with Crippen LogP contribution in [0.5, 0.6) is 5.75 Å². The van der Waals surface area contributed by atoms with Gasteiger partial charge in [0.15, 0.2) is 5.69 Å². The summed E-state index contributed by atoms with van der Waals surface area (Å²) in [6.45, 7) is 0. The van der Waals surface area contributed by atoms with Gasteiger partial charge in [-0.05, 0) is 83.3 Å². The van der Waals surface area contributed by atoms with Crippen LogP contribution in [0.3, 0.4) is 0 Å². The summed E-state index contributed by atoms with van der Waals surface area (Å²) in [7, 11) is 1.60. The van der Waals surface area contributed by atoms with E-state index in [4.69, 9.17) is 4.74 Å². The number of halogens is 1. The number of hydrogen-bond donors (Lipinski definition) is 1. The first-order valence-corrected chi connectivity index (χ1v) is 12.8. The van der Waals surface area contributed by atoms with Gasteiger partial charge in [-0.25, -0.2) is 4.98 Å². The molecule has 0 aliphatic carbocycles. The van der Waals surface area contributed by atoms with Crippen molar-refractivity contribution in [1.82, 2.24) is 14.8 Å². The van der Waals surface area contributed by atoms with E-state index in [2.05, 4.69) is 42.9 Å². The smallest absolute Gasteiger partial charge is 0.301 e. The molecule has 5 rings (SSSR count). The largest absolute Gasteiger partial charge is 0.497 e. The Hall–Kier alpha value is -4.17. The predicted octanol–water partition coefficient (Wildman–Crippen LogP) is 6.89. The fourth-order valence-electron chi connectivity index (χ4n) is 3.48. The maximum Gasteiger partial charge on any atom is 0.301 e. The molecule has 0 unspecified atom stereocenters. The average molecular weight is 624 g/mol. The Morgan fingerprint density at radius 3 is 2.32 bits per heavy atom. The van der Waals surface area contributed by atoms with Crippen molar-refractivity contribution in [2.45, 2.75) is 0 Å². The van der Waals surface area contributed by atoms with Crippen LogP contribution in [0, 0.1) is 13.7 Å². The van der Waals surface area contributed by atoms with Gasteiger partial charge in [0.25, 0.3) is 5.69 Å². The summed E-state index contributed by atoms with van der Waals surface area (Å²) in [6.07, 6.45) is 0. The number of azo groups is 1. The monoisotopic (exact) mass is 624 g/mol. The molecular weight excluding hydrogens is 607 g/mol. The number of hydrogen-bond acceptors (Lipinski definition) is 8. The standard InChI is InChI=1S/C25H17IN6O4S/c1-36-20-12-4-15(5-13-20)21-14-37-25(27-21)31-24(33)23(29-28-18-8-6-17(26)7-9-18)22(30-31)16-2-10-19(11-3-16)32(34)35/h2-14,30H,1H3. The Bertz CT molecular complexity index is 1660. The third-order valence-electron chi connectivity index (χ3n) is 5.39. The van der Waals surface area contributed by atoms with Crippen LogP contribution in [0.1, 0.15) is 0 Å². The number of thiazole rings is 1. The van der Waals surface area contributed by atoms with Gasteiger partial charge in [0.05, 0.1) is 29.1 Å². The third kappa shape index (κ3) is 5.20. The number of nitrogens with zero attached hydrogens (tertiary/aromatic N) is 5. The van der Waals surface area contributed by atoms with Crippen molar-refractivity contribution >= 4 is 51.0 Å². The molecule has 184 valence electrons. The molecule has 0 atom stereocenters. The van der Waals surface area contributed by atoms with Gasteiger partial charge in [-0.2, -0.15) is 9.80 Å². The molecule has 0 bridgehead atoms. The predicted molar refractivity (Wildman–Crippen MR) is 149 cm³/mol. The van der Waals surface area contributed by atoms with Gasteiger partial charge in [0, 0.05) is 32.2 Å². The van der Waals surface area contributed by atoms with Crippen LogP contribution >= 0.6 is 33.9 Å². The summed E-state index contributed by atoms with van der Waals surface area (Å²) in [5.74, 6) is 0.732. The zero-order valence-corrected chi connectivity index (χ0v) is 22.1. The van der Waals surface area contributed by atoms with E-state index in [1.54, 1.807) is 31.4 Å². The van der Waals surface area contributed by atoms with E-state index < -0.39 is 10.5 Å². The van der Waals surface area contributed by atoms with E-state index in [0.29, 0.717) is 27.8 Å². The number of nitro benzene ring substituents is 1. The molecule has 0 saturated heterocycles. The number of methoxy groups -OCH3 is 1. The van der Waals surface area contributed by atoms with Gasteiger partial charge < -0.3 is 4.74 Å². The van der Waals surface area contributed by atoms with Gasteiger partial charge >= 0.3 is 5.56 Å². The van der Waals surface area contributed by atoms with Gasteiger partial charge in [-0.3, -0.25) is 20.0 Å². The quantitative estimate of drug-likeness (QED) is 0.0913. The molecule has 3 aromatic carbocycles. The fraction of sp³-hybridized carbons (Fsp3) is 0.0400. The number of aromatic amines is 1. The molecule has 5 aromatic rings. The Labute approximate surface area is 227 Å². The molecule has 2 heterocycles. The lowest BCUT2D eigenvalue weighted by molar-refractivity contribution is -0.384. The van der Waals surface area contributed by atoms with Crippen molar-refractivity contribution in [2.75, 3.05) is 7.11 Å². The fourth-order valence-corrected chi connectivity index (χ4v) is 4.63. The minimum Gasteiger partial charge on any atom is -0.497 e. The molecule has 1 N–H and O–H groups in total. The van der Waals surface area contributed by atoms with E-state index in [1.807, 2.05) is 41.8 Å². The zero-order valence-electron chi connectivity index (χ0n) is 19.2. The molecule has 12 heteroatoms. The second-order valence-electron chi connectivity index (χ2n) is 7.70. The molecule has 0 spiro atoms. The number of rotatable bonds is 7. The SMILES string of the molecule is COc1ccc(-c2csc(-n3[nH]c(-c4ccc([N+](=O)[O-])cc4)c(N=Nc4ccc(I)cc4)c3=O)n2)cc1. The number of H-pyrrole nitrogens is 1. The van der Waals surface area contributed by atoms with Crippen LogP contribution in [-0.2, 0) is 0 Å². The molecule has 0 aliphatic rings. The van der Waals surface area contributed by atoms with Gasteiger partial charge in [0.1, 0.15) is 5.75 Å². The van der Waals surface area contributed by atoms with Crippen LogP contribution < -0.4 is 10.3 Å². The first-order valence-electron chi connectivity index (χ1n) is 10.8. The minimum atomic E-state index is -0.481. The van der Waals surface area contributed by atoms with E-state index in [1.165, 1.54) is 28.2 Å².